The van der Waals surface area contributed by atoms with Gasteiger partial charge in [0, 0.05) is 6.54 Å². The molecule has 45 heavy (non-hydrogen) atoms. The van der Waals surface area contributed by atoms with Gasteiger partial charge in [0.05, 0.1) is 19.5 Å². The van der Waals surface area contributed by atoms with Crippen LogP contribution in [0.15, 0.2) is 12.4 Å². The quantitative estimate of drug-likeness (QED) is 0.412. The first-order valence-corrected chi connectivity index (χ1v) is 16.2. The number of esters is 2. The molecule has 2 N–H and O–H groups in total. The summed E-state index contributed by atoms with van der Waals surface area (Å²) in [6.07, 6.45) is 9.51. The largest absolute Gasteiger partial charge is 0.464 e. The van der Waals surface area contributed by atoms with Crippen LogP contribution in [0.1, 0.15) is 114 Å². The van der Waals surface area contributed by atoms with Crippen LogP contribution < -0.4 is 10.6 Å². The summed E-state index contributed by atoms with van der Waals surface area (Å²) in [5.74, 6) is -2.37. The van der Waals surface area contributed by atoms with Crippen molar-refractivity contribution in [3.63, 3.8) is 0 Å². The molecule has 1 aromatic heterocycles. The molecule has 3 aliphatic rings. The predicted octanol–water partition coefficient (Wildman–Crippen LogP) is 3.44. The summed E-state index contributed by atoms with van der Waals surface area (Å²) in [6.45, 7) is 11.5. The zero-order valence-corrected chi connectivity index (χ0v) is 27.7. The molecule has 5 atom stereocenters. The Bertz CT molecular complexity index is 1260. The second-order valence-corrected chi connectivity index (χ2v) is 14.8. The first-order valence-electron chi connectivity index (χ1n) is 16.2. The molecule has 2 saturated carbocycles. The summed E-state index contributed by atoms with van der Waals surface area (Å²) >= 11 is 0. The summed E-state index contributed by atoms with van der Waals surface area (Å²) in [4.78, 5) is 76.6. The van der Waals surface area contributed by atoms with Crippen LogP contribution in [0.25, 0.3) is 0 Å². The van der Waals surface area contributed by atoms with Crippen LogP contribution in [0.3, 0.4) is 0 Å². The van der Waals surface area contributed by atoms with Crippen LogP contribution >= 0.6 is 0 Å². The van der Waals surface area contributed by atoms with Crippen LogP contribution in [0.5, 0.6) is 0 Å². The molecular weight excluding hydrogens is 578 g/mol. The van der Waals surface area contributed by atoms with E-state index >= 15 is 0 Å². The van der Waals surface area contributed by atoms with Crippen molar-refractivity contribution in [2.45, 2.75) is 117 Å². The van der Waals surface area contributed by atoms with Crippen molar-refractivity contribution in [3.05, 3.63) is 23.8 Å². The summed E-state index contributed by atoms with van der Waals surface area (Å²) < 4.78 is 10.4. The zero-order valence-electron chi connectivity index (χ0n) is 27.7. The van der Waals surface area contributed by atoms with E-state index in [2.05, 4.69) is 25.3 Å². The van der Waals surface area contributed by atoms with Crippen molar-refractivity contribution >= 4 is 29.7 Å². The van der Waals surface area contributed by atoms with E-state index in [1.807, 2.05) is 41.5 Å². The lowest BCUT2D eigenvalue weighted by Gasteiger charge is -2.38. The molecule has 0 radical (unpaired) electrons. The lowest BCUT2D eigenvalue weighted by atomic mass is 9.82. The molecule has 0 spiro atoms. The van der Waals surface area contributed by atoms with E-state index in [1.165, 1.54) is 13.3 Å². The van der Waals surface area contributed by atoms with Crippen molar-refractivity contribution in [3.8, 4) is 0 Å². The number of hydrogen-bond acceptors (Lipinski definition) is 9. The molecule has 12 nitrogen and oxygen atoms in total. The Labute approximate surface area is 265 Å². The van der Waals surface area contributed by atoms with Crippen molar-refractivity contribution in [1.29, 1.82) is 0 Å². The molecule has 12 heteroatoms. The zero-order chi connectivity index (χ0) is 33.1. The number of carbonyl (C=O) groups excluding carboxylic acids is 5. The average Bonchev–Trinajstić information content (AvgIpc) is 3.58. The Kier molecular flexibility index (Phi) is 10.5. The number of likely N-dealkylation sites (tertiary alicyclic amines) is 1. The number of ether oxygens (including phenoxy) is 2. The minimum absolute atomic E-state index is 0.0288. The topological polar surface area (TPSA) is 157 Å². The molecule has 0 bridgehead atoms. The standard InChI is InChI=1S/C33H49N5O7/c1-32(2,3)26(29(41)38-18-20-14-11-15-21(20)25(38)31(43)45-33(4,5)6)37-28(40)24(19-12-9-8-10-13-19)36-27(39)22-16-35-23(17-34-22)30(42)44-7/h16-17,19-21,24-26H,8-15,18H2,1-7H3,(H,36,39)(H,37,40)/t20-,21?,24-,25-,26+/m0/s1. The van der Waals surface area contributed by atoms with Gasteiger partial charge in [0.1, 0.15) is 29.4 Å². The van der Waals surface area contributed by atoms with E-state index in [1.54, 1.807) is 4.90 Å². The summed E-state index contributed by atoms with van der Waals surface area (Å²) in [5, 5.41) is 5.85. The van der Waals surface area contributed by atoms with Gasteiger partial charge in [0.25, 0.3) is 5.91 Å². The third-order valence-corrected chi connectivity index (χ3v) is 9.19. The SMILES string of the molecule is COC(=O)c1cnc(C(=O)N[C@H](C(=O)N[C@H](C(=O)N2C[C@@H]3CCCC3[C@H]2C(=O)OC(C)(C)C)C(C)(C)C)C2CCCCC2)cn1. The lowest BCUT2D eigenvalue weighted by molar-refractivity contribution is -0.165. The van der Waals surface area contributed by atoms with Crippen molar-refractivity contribution < 1.29 is 33.4 Å². The molecule has 1 aliphatic heterocycles. The Hall–Kier alpha value is -3.57. The average molecular weight is 628 g/mol. The smallest absolute Gasteiger partial charge is 0.358 e. The van der Waals surface area contributed by atoms with Crippen molar-refractivity contribution in [1.82, 2.24) is 25.5 Å². The molecular formula is C33H49N5O7. The highest BCUT2D eigenvalue weighted by molar-refractivity contribution is 5.98. The molecule has 3 fully saturated rings. The van der Waals surface area contributed by atoms with Crippen molar-refractivity contribution in [2.24, 2.45) is 23.2 Å². The minimum Gasteiger partial charge on any atom is -0.464 e. The van der Waals surface area contributed by atoms with Gasteiger partial charge < -0.3 is 25.0 Å². The summed E-state index contributed by atoms with van der Waals surface area (Å²) in [6, 6.07) is -2.57. The van der Waals surface area contributed by atoms with Crippen LogP contribution in [-0.4, -0.2) is 81.9 Å². The maximum atomic E-state index is 14.4. The number of nitrogens with zero attached hydrogens (tertiary/aromatic N) is 3. The van der Waals surface area contributed by atoms with Gasteiger partial charge in [0.15, 0.2) is 5.69 Å². The number of hydrogen-bond donors (Lipinski definition) is 2. The first-order chi connectivity index (χ1) is 21.1. The number of carbonyl (C=O) groups is 5. The van der Waals surface area contributed by atoms with Gasteiger partial charge in [-0.05, 0) is 69.6 Å². The molecule has 1 aromatic rings. The second kappa shape index (κ2) is 13.8. The van der Waals surface area contributed by atoms with Gasteiger partial charge in [-0.3, -0.25) is 14.4 Å². The fraction of sp³-hybridized carbons (Fsp3) is 0.727. The van der Waals surface area contributed by atoms with Crippen LogP contribution in [0.4, 0.5) is 0 Å². The molecule has 1 unspecified atom stereocenters. The highest BCUT2D eigenvalue weighted by Gasteiger charge is 2.53. The van der Waals surface area contributed by atoms with E-state index in [9.17, 15) is 24.0 Å². The lowest BCUT2D eigenvalue weighted by Crippen LogP contribution is -2.61. The van der Waals surface area contributed by atoms with Gasteiger partial charge in [-0.25, -0.2) is 19.6 Å². The maximum absolute atomic E-state index is 14.4. The van der Waals surface area contributed by atoms with E-state index in [0.717, 1.165) is 57.6 Å². The molecule has 3 amide bonds. The van der Waals surface area contributed by atoms with Crippen LogP contribution in [0.2, 0.25) is 0 Å². The number of fused-ring (bicyclic) bond motifs is 1. The maximum Gasteiger partial charge on any atom is 0.358 e. The summed E-state index contributed by atoms with van der Waals surface area (Å²) in [5.41, 5.74) is -1.49. The molecule has 2 aliphatic carbocycles. The molecule has 248 valence electrons. The fourth-order valence-electron chi connectivity index (χ4n) is 6.98. The van der Waals surface area contributed by atoms with Gasteiger partial charge in [-0.1, -0.05) is 46.5 Å². The third kappa shape index (κ3) is 8.18. The molecule has 0 aromatic carbocycles. The Balaban J connectivity index is 1.57. The number of nitrogens with one attached hydrogen (secondary N) is 2. The molecule has 2 heterocycles. The Morgan fingerprint density at radius 2 is 1.51 bits per heavy atom. The van der Waals surface area contributed by atoms with Gasteiger partial charge in [-0.15, -0.1) is 0 Å². The highest BCUT2D eigenvalue weighted by atomic mass is 16.6. The monoisotopic (exact) mass is 627 g/mol. The first kappa shape index (κ1) is 34.3. The number of amides is 3. The molecule has 1 saturated heterocycles. The van der Waals surface area contributed by atoms with Gasteiger partial charge >= 0.3 is 11.9 Å². The number of rotatable bonds is 8. The van der Waals surface area contributed by atoms with Crippen LogP contribution in [0, 0.1) is 23.2 Å². The molecule has 4 rings (SSSR count). The second-order valence-electron chi connectivity index (χ2n) is 14.8. The van der Waals surface area contributed by atoms with E-state index in [4.69, 9.17) is 4.74 Å². The number of aromatic nitrogens is 2. The van der Waals surface area contributed by atoms with Gasteiger partial charge in [-0.2, -0.15) is 0 Å². The fourth-order valence-corrected chi connectivity index (χ4v) is 6.98. The normalized spacial score (nSPS) is 23.4. The number of methoxy groups -OCH3 is 1. The predicted molar refractivity (Wildman–Crippen MR) is 165 cm³/mol. The highest BCUT2D eigenvalue weighted by Crippen LogP contribution is 2.44. The van der Waals surface area contributed by atoms with Gasteiger partial charge in [0.2, 0.25) is 11.8 Å². The third-order valence-electron chi connectivity index (χ3n) is 9.19. The van der Waals surface area contributed by atoms with E-state index < -0.39 is 52.9 Å². The van der Waals surface area contributed by atoms with E-state index in [-0.39, 0.29) is 35.0 Å². The Morgan fingerprint density at radius 3 is 2.09 bits per heavy atom. The van der Waals surface area contributed by atoms with Crippen LogP contribution in [-0.2, 0) is 23.9 Å². The summed E-state index contributed by atoms with van der Waals surface area (Å²) in [7, 11) is 1.22. The van der Waals surface area contributed by atoms with Crippen molar-refractivity contribution in [2.75, 3.05) is 13.7 Å². The van der Waals surface area contributed by atoms with E-state index in [0.29, 0.717) is 6.54 Å². The Morgan fingerprint density at radius 1 is 0.867 bits per heavy atom. The minimum atomic E-state index is -0.948.